The normalized spacial score (nSPS) is 11.2. The van der Waals surface area contributed by atoms with E-state index < -0.39 is 11.6 Å². The van der Waals surface area contributed by atoms with E-state index in [1.54, 1.807) is 30.5 Å². The Hall–Kier alpha value is -3.35. The molecule has 4 rings (SSSR count). The third-order valence-corrected chi connectivity index (χ3v) is 3.90. The molecule has 2 aromatic carbocycles. The second-order valence-electron chi connectivity index (χ2n) is 5.33. The van der Waals surface area contributed by atoms with E-state index in [-0.39, 0.29) is 16.1 Å². The summed E-state index contributed by atoms with van der Waals surface area (Å²) in [7, 11) is 0. The third-order valence-electron chi connectivity index (χ3n) is 3.90. The number of hydrogen-bond acceptors (Lipinski definition) is 2. The van der Waals surface area contributed by atoms with Gasteiger partial charge in [-0.15, -0.1) is 0 Å². The van der Waals surface area contributed by atoms with Crippen LogP contribution in [0.3, 0.4) is 0 Å². The van der Waals surface area contributed by atoms with E-state index in [9.17, 15) is 13.7 Å². The minimum absolute atomic E-state index is 0.0718. The number of hydrogen-bond donors (Lipinski definition) is 2. The van der Waals surface area contributed by atoms with Crippen LogP contribution < -0.4 is 0 Å². The molecular formula is C17H10F2N3O2+. The third kappa shape index (κ3) is 2.10. The minimum Gasteiger partial charge on any atom is -0.358 e. The molecule has 0 saturated heterocycles. The van der Waals surface area contributed by atoms with Crippen molar-refractivity contribution in [2.45, 2.75) is 0 Å². The van der Waals surface area contributed by atoms with Crippen molar-refractivity contribution in [2.24, 2.45) is 0 Å². The number of aromatic nitrogens is 2. The summed E-state index contributed by atoms with van der Waals surface area (Å²) >= 11 is 0. The second kappa shape index (κ2) is 5.09. The summed E-state index contributed by atoms with van der Waals surface area (Å²) in [5.41, 5.74) is 1.78. The summed E-state index contributed by atoms with van der Waals surface area (Å²) in [6.45, 7) is 0. The first kappa shape index (κ1) is 14.3. The van der Waals surface area contributed by atoms with Gasteiger partial charge in [0.2, 0.25) is 0 Å². The summed E-state index contributed by atoms with van der Waals surface area (Å²) in [4.78, 5) is 18.2. The number of benzene rings is 2. The molecule has 0 fully saturated rings. The van der Waals surface area contributed by atoms with Crippen LogP contribution in [0.2, 0.25) is 0 Å². The molecule has 2 heterocycles. The maximum atomic E-state index is 13.8. The van der Waals surface area contributed by atoms with Crippen LogP contribution in [0.4, 0.5) is 14.5 Å². The molecule has 2 N–H and O–H groups in total. The smallest absolute Gasteiger partial charge is 0.325 e. The molecular weight excluding hydrogens is 316 g/mol. The first-order chi connectivity index (χ1) is 11.5. The number of nitrogens with one attached hydrogen (secondary N) is 1. The number of halogens is 2. The minimum atomic E-state index is -0.679. The van der Waals surface area contributed by atoms with E-state index in [1.165, 1.54) is 12.1 Å². The number of aromatic amines is 1. The van der Waals surface area contributed by atoms with Gasteiger partial charge in [0, 0.05) is 29.3 Å². The molecule has 0 radical (unpaired) electrons. The molecule has 0 atom stereocenters. The predicted molar refractivity (Wildman–Crippen MR) is 84.0 cm³/mol. The zero-order valence-corrected chi connectivity index (χ0v) is 12.1. The van der Waals surface area contributed by atoms with E-state index in [2.05, 4.69) is 9.97 Å². The Labute approximate surface area is 133 Å². The van der Waals surface area contributed by atoms with Gasteiger partial charge in [0.25, 0.3) is 4.92 Å². The number of H-pyrrole nitrogens is 1. The van der Waals surface area contributed by atoms with Crippen molar-refractivity contribution in [3.63, 3.8) is 0 Å². The van der Waals surface area contributed by atoms with Crippen LogP contribution >= 0.6 is 0 Å². The fourth-order valence-corrected chi connectivity index (χ4v) is 2.82. The van der Waals surface area contributed by atoms with Gasteiger partial charge in [0.1, 0.15) is 11.6 Å². The lowest BCUT2D eigenvalue weighted by atomic mass is 10.1. The summed E-state index contributed by atoms with van der Waals surface area (Å²) < 4.78 is 27.3. The average molecular weight is 326 g/mol. The van der Waals surface area contributed by atoms with Crippen molar-refractivity contribution in [1.82, 2.24) is 9.97 Å². The quantitative estimate of drug-likeness (QED) is 0.534. The molecule has 0 saturated carbocycles. The van der Waals surface area contributed by atoms with Crippen molar-refractivity contribution in [3.05, 3.63) is 65.2 Å². The highest BCUT2D eigenvalue weighted by Crippen LogP contribution is 2.32. The van der Waals surface area contributed by atoms with E-state index in [1.807, 2.05) is 0 Å². The first-order valence-corrected chi connectivity index (χ1v) is 7.07. The predicted octanol–water partition coefficient (Wildman–Crippen LogP) is 4.46. The fraction of sp³-hybridized carbons (Fsp3) is 0. The van der Waals surface area contributed by atoms with Gasteiger partial charge in [-0.05, 0) is 24.3 Å². The number of rotatable bonds is 2. The molecule has 0 unspecified atom stereocenters. The molecule has 0 spiro atoms. The van der Waals surface area contributed by atoms with E-state index >= 15 is 0 Å². The van der Waals surface area contributed by atoms with Crippen LogP contribution in [0.25, 0.3) is 33.1 Å². The van der Waals surface area contributed by atoms with Gasteiger partial charge in [-0.2, -0.15) is 0 Å². The van der Waals surface area contributed by atoms with Crippen molar-refractivity contribution in [2.75, 3.05) is 0 Å². The van der Waals surface area contributed by atoms with Gasteiger partial charge >= 0.3 is 5.69 Å². The molecule has 7 heteroatoms. The zero-order chi connectivity index (χ0) is 16.8. The SMILES string of the molecule is O=[N+](O)c1cccc2nc(-c3c[nH]c4c(F)cc(F)cc34)ccc12. The van der Waals surface area contributed by atoms with E-state index in [0.717, 1.165) is 6.07 Å². The highest BCUT2D eigenvalue weighted by Gasteiger charge is 2.18. The molecule has 5 nitrogen and oxygen atoms in total. The Balaban J connectivity index is 1.96. The molecule has 0 bridgehead atoms. The van der Waals surface area contributed by atoms with Gasteiger partial charge in [0.05, 0.1) is 27.0 Å². The zero-order valence-electron chi connectivity index (χ0n) is 12.1. The molecule has 0 aliphatic heterocycles. The molecule has 2 aromatic heterocycles. The number of pyridine rings is 1. The van der Waals surface area contributed by atoms with Crippen LogP contribution in [0.15, 0.2) is 48.7 Å². The summed E-state index contributed by atoms with van der Waals surface area (Å²) in [5.74, 6) is -1.35. The fourth-order valence-electron chi connectivity index (χ4n) is 2.82. The lowest BCUT2D eigenvalue weighted by molar-refractivity contribution is -0.728. The Morgan fingerprint density at radius 2 is 1.92 bits per heavy atom. The maximum Gasteiger partial charge on any atom is 0.325 e. The Bertz CT molecular complexity index is 1120. The highest BCUT2D eigenvalue weighted by molar-refractivity contribution is 5.97. The van der Waals surface area contributed by atoms with Crippen LogP contribution in [-0.2, 0) is 0 Å². The summed E-state index contributed by atoms with van der Waals surface area (Å²) in [5, 5.41) is 9.99. The number of nitrogens with zero attached hydrogens (tertiary/aromatic N) is 2. The highest BCUT2D eigenvalue weighted by atomic mass is 19.1. The molecule has 0 amide bonds. The van der Waals surface area contributed by atoms with Crippen molar-refractivity contribution in [1.29, 1.82) is 0 Å². The first-order valence-electron chi connectivity index (χ1n) is 7.07. The molecule has 0 aliphatic carbocycles. The standard InChI is InChI=1S/C17H10F2N3O2/c18-9-6-11-12(8-20-17(11)13(19)7-9)15-5-4-10-14(21-15)2-1-3-16(10)22(23)24/h1-8,20H,(H,23,24)/q+1. The lowest BCUT2D eigenvalue weighted by Gasteiger charge is -2.02. The second-order valence-corrected chi connectivity index (χ2v) is 5.33. The van der Waals surface area contributed by atoms with Gasteiger partial charge < -0.3 is 4.98 Å². The maximum absolute atomic E-state index is 13.8. The van der Waals surface area contributed by atoms with E-state index in [0.29, 0.717) is 27.5 Å². The Kier molecular flexibility index (Phi) is 3.02. The molecule has 4 aromatic rings. The van der Waals surface area contributed by atoms with Gasteiger partial charge in [0.15, 0.2) is 0 Å². The van der Waals surface area contributed by atoms with Crippen molar-refractivity contribution >= 4 is 27.5 Å². The topological polar surface area (TPSA) is 69.0 Å². The van der Waals surface area contributed by atoms with Crippen LogP contribution in [0.1, 0.15) is 0 Å². The molecule has 118 valence electrons. The monoisotopic (exact) mass is 326 g/mol. The molecule has 0 aliphatic rings. The Morgan fingerprint density at radius 3 is 2.71 bits per heavy atom. The van der Waals surface area contributed by atoms with Crippen molar-refractivity contribution < 1.29 is 18.9 Å². The Morgan fingerprint density at radius 1 is 1.08 bits per heavy atom. The van der Waals surface area contributed by atoms with Gasteiger partial charge in [-0.25, -0.2) is 19.0 Å². The molecule has 24 heavy (non-hydrogen) atoms. The van der Waals surface area contributed by atoms with E-state index in [4.69, 9.17) is 5.21 Å². The average Bonchev–Trinajstić information content (AvgIpc) is 2.97. The summed E-state index contributed by atoms with van der Waals surface area (Å²) in [6, 6.07) is 10.0. The largest absolute Gasteiger partial charge is 0.358 e. The van der Waals surface area contributed by atoms with Crippen LogP contribution in [-0.4, -0.2) is 20.1 Å². The van der Waals surface area contributed by atoms with Crippen molar-refractivity contribution in [3.8, 4) is 11.3 Å². The van der Waals surface area contributed by atoms with Gasteiger partial charge in [-0.1, -0.05) is 6.07 Å². The van der Waals surface area contributed by atoms with Crippen LogP contribution in [0.5, 0.6) is 0 Å². The van der Waals surface area contributed by atoms with Gasteiger partial charge in [-0.3, -0.25) is 0 Å². The lowest BCUT2D eigenvalue weighted by Crippen LogP contribution is -1.94. The number of fused-ring (bicyclic) bond motifs is 2. The summed E-state index contributed by atoms with van der Waals surface area (Å²) in [6.07, 6.45) is 1.55. The van der Waals surface area contributed by atoms with Crippen LogP contribution in [0, 0.1) is 16.5 Å².